The summed E-state index contributed by atoms with van der Waals surface area (Å²) >= 11 is 0. The Morgan fingerprint density at radius 3 is 1.96 bits per heavy atom. The molecule has 2 aromatic rings. The van der Waals surface area contributed by atoms with Gasteiger partial charge in [0.05, 0.1) is 0 Å². The van der Waals surface area contributed by atoms with Gasteiger partial charge in [0.15, 0.2) is 18.2 Å². The molecule has 140 valence electrons. The fourth-order valence-corrected chi connectivity index (χ4v) is 3.11. The summed E-state index contributed by atoms with van der Waals surface area (Å²) < 4.78 is 5.12. The van der Waals surface area contributed by atoms with E-state index in [1.165, 1.54) is 0 Å². The van der Waals surface area contributed by atoms with Crippen molar-refractivity contribution < 1.29 is 19.1 Å². The molecule has 27 heavy (non-hydrogen) atoms. The van der Waals surface area contributed by atoms with Crippen LogP contribution in [0, 0.1) is 0 Å². The van der Waals surface area contributed by atoms with Gasteiger partial charge in [0, 0.05) is 17.5 Å². The fourth-order valence-electron chi connectivity index (χ4n) is 3.11. The second-order valence-electron chi connectivity index (χ2n) is 6.61. The van der Waals surface area contributed by atoms with Crippen molar-refractivity contribution in [3.63, 3.8) is 0 Å². The van der Waals surface area contributed by atoms with Gasteiger partial charge in [-0.3, -0.25) is 14.4 Å². The maximum atomic E-state index is 12.2. The third-order valence-corrected chi connectivity index (χ3v) is 4.76. The van der Waals surface area contributed by atoms with Crippen molar-refractivity contribution in [1.29, 1.82) is 0 Å². The molecule has 1 atom stereocenters. The second kappa shape index (κ2) is 8.73. The Kier molecular flexibility index (Phi) is 6.14. The molecule has 1 heterocycles. The first-order valence-corrected chi connectivity index (χ1v) is 9.25. The molecule has 5 nitrogen and oxygen atoms in total. The zero-order chi connectivity index (χ0) is 19.2. The van der Waals surface area contributed by atoms with Gasteiger partial charge in [-0.25, -0.2) is 0 Å². The number of ether oxygens (including phenoxy) is 1. The molecule has 0 radical (unpaired) electrons. The highest BCUT2D eigenvalue weighted by Gasteiger charge is 2.24. The van der Waals surface area contributed by atoms with Crippen LogP contribution in [0.2, 0.25) is 0 Å². The van der Waals surface area contributed by atoms with Crippen LogP contribution >= 0.6 is 0 Å². The first-order chi connectivity index (χ1) is 13.1. The summed E-state index contributed by atoms with van der Waals surface area (Å²) in [6, 6.07) is 14.3. The molecule has 0 bridgehead atoms. The average Bonchev–Trinajstić information content (AvgIpc) is 3.26. The molecule has 1 saturated heterocycles. The van der Waals surface area contributed by atoms with Crippen LogP contribution in [0.1, 0.15) is 46.9 Å². The van der Waals surface area contributed by atoms with Crippen LogP contribution in [0.15, 0.2) is 48.5 Å². The standard InChI is InChI=1S/C22H23NO4/c1-2-20(24)17-9-5-15(6-10-17)16-7-11-18(12-8-16)21(25)14-27-22(26)19-4-3-13-23-19/h5-12,19,23H,2-4,13-14H2,1H3/t19-/m0/s1. The van der Waals surface area contributed by atoms with Gasteiger partial charge in [-0.05, 0) is 30.5 Å². The Morgan fingerprint density at radius 1 is 0.926 bits per heavy atom. The minimum Gasteiger partial charge on any atom is -0.456 e. The number of hydrogen-bond acceptors (Lipinski definition) is 5. The number of esters is 1. The van der Waals surface area contributed by atoms with Gasteiger partial charge in [-0.15, -0.1) is 0 Å². The topological polar surface area (TPSA) is 72.5 Å². The van der Waals surface area contributed by atoms with Crippen molar-refractivity contribution in [2.75, 3.05) is 13.2 Å². The predicted molar refractivity (Wildman–Crippen MR) is 103 cm³/mol. The Morgan fingerprint density at radius 2 is 1.48 bits per heavy atom. The molecule has 0 unspecified atom stereocenters. The highest BCUT2D eigenvalue weighted by atomic mass is 16.5. The van der Waals surface area contributed by atoms with Gasteiger partial charge in [0.1, 0.15) is 6.04 Å². The lowest BCUT2D eigenvalue weighted by atomic mass is 10.00. The van der Waals surface area contributed by atoms with E-state index in [1.54, 1.807) is 12.1 Å². The smallest absolute Gasteiger partial charge is 0.323 e. The van der Waals surface area contributed by atoms with Crippen LogP contribution in [0.3, 0.4) is 0 Å². The van der Waals surface area contributed by atoms with Crippen molar-refractivity contribution >= 4 is 17.5 Å². The lowest BCUT2D eigenvalue weighted by Gasteiger charge is -2.10. The maximum Gasteiger partial charge on any atom is 0.323 e. The Balaban J connectivity index is 1.60. The van der Waals surface area contributed by atoms with E-state index in [-0.39, 0.29) is 30.2 Å². The zero-order valence-electron chi connectivity index (χ0n) is 15.4. The zero-order valence-corrected chi connectivity index (χ0v) is 15.4. The first kappa shape index (κ1) is 19.0. The molecule has 0 aliphatic carbocycles. The summed E-state index contributed by atoms with van der Waals surface area (Å²) in [7, 11) is 0. The molecule has 1 fully saturated rings. The molecule has 1 aliphatic heterocycles. The molecule has 2 aromatic carbocycles. The van der Waals surface area contributed by atoms with E-state index in [0.717, 1.165) is 30.5 Å². The summed E-state index contributed by atoms with van der Waals surface area (Å²) in [5, 5.41) is 3.05. The third kappa shape index (κ3) is 4.68. The van der Waals surface area contributed by atoms with E-state index in [2.05, 4.69) is 5.32 Å². The van der Waals surface area contributed by atoms with Crippen LogP contribution in [-0.2, 0) is 9.53 Å². The van der Waals surface area contributed by atoms with Crippen LogP contribution < -0.4 is 5.32 Å². The molecule has 1 N–H and O–H groups in total. The number of rotatable bonds is 7. The van der Waals surface area contributed by atoms with Gasteiger partial charge in [0.2, 0.25) is 0 Å². The van der Waals surface area contributed by atoms with Crippen molar-refractivity contribution in [3.05, 3.63) is 59.7 Å². The molecule has 0 spiro atoms. The van der Waals surface area contributed by atoms with Crippen LogP contribution in [-0.4, -0.2) is 36.7 Å². The van der Waals surface area contributed by atoms with Crippen LogP contribution in [0.25, 0.3) is 11.1 Å². The third-order valence-electron chi connectivity index (χ3n) is 4.76. The Hall–Kier alpha value is -2.79. The monoisotopic (exact) mass is 365 g/mol. The summed E-state index contributed by atoms with van der Waals surface area (Å²) in [6.07, 6.45) is 2.19. The minimum atomic E-state index is -0.362. The minimum absolute atomic E-state index is 0.116. The van der Waals surface area contributed by atoms with Crippen LogP contribution in [0.4, 0.5) is 0 Å². The first-order valence-electron chi connectivity index (χ1n) is 9.25. The van der Waals surface area contributed by atoms with E-state index in [0.29, 0.717) is 17.5 Å². The average molecular weight is 365 g/mol. The van der Waals surface area contributed by atoms with Crippen molar-refractivity contribution in [3.8, 4) is 11.1 Å². The number of ketones is 2. The van der Waals surface area contributed by atoms with Crippen molar-refractivity contribution in [2.24, 2.45) is 0 Å². The summed E-state index contributed by atoms with van der Waals surface area (Å²) in [5.74, 6) is -0.471. The molecular formula is C22H23NO4. The SMILES string of the molecule is CCC(=O)c1ccc(-c2ccc(C(=O)COC(=O)[C@@H]3CCCN3)cc2)cc1. The van der Waals surface area contributed by atoms with Gasteiger partial charge in [-0.2, -0.15) is 0 Å². The summed E-state index contributed by atoms with van der Waals surface area (Å²) in [6.45, 7) is 2.40. The van der Waals surface area contributed by atoms with Crippen molar-refractivity contribution in [2.45, 2.75) is 32.2 Å². The lowest BCUT2D eigenvalue weighted by Crippen LogP contribution is -2.33. The van der Waals surface area contributed by atoms with Gasteiger partial charge >= 0.3 is 5.97 Å². The second-order valence-corrected chi connectivity index (χ2v) is 6.61. The van der Waals surface area contributed by atoms with E-state index in [9.17, 15) is 14.4 Å². The molecule has 3 rings (SSSR count). The van der Waals surface area contributed by atoms with Crippen molar-refractivity contribution in [1.82, 2.24) is 5.32 Å². The molecular weight excluding hydrogens is 342 g/mol. The number of benzene rings is 2. The summed E-state index contributed by atoms with van der Waals surface area (Å²) in [5.41, 5.74) is 3.13. The summed E-state index contributed by atoms with van der Waals surface area (Å²) in [4.78, 5) is 35.8. The van der Waals surface area contributed by atoms with Crippen LogP contribution in [0.5, 0.6) is 0 Å². The Bertz CT molecular complexity index is 818. The van der Waals surface area contributed by atoms with Gasteiger partial charge < -0.3 is 10.1 Å². The molecule has 0 aromatic heterocycles. The van der Waals surface area contributed by atoms with Gasteiger partial charge in [0.25, 0.3) is 0 Å². The number of carbonyl (C=O) groups is 3. The van der Waals surface area contributed by atoms with E-state index >= 15 is 0 Å². The lowest BCUT2D eigenvalue weighted by molar-refractivity contribution is -0.144. The normalized spacial score (nSPS) is 16.1. The van der Waals surface area contributed by atoms with Gasteiger partial charge in [-0.1, -0.05) is 55.5 Å². The predicted octanol–water partition coefficient (Wildman–Crippen LogP) is 3.42. The maximum absolute atomic E-state index is 12.2. The largest absolute Gasteiger partial charge is 0.456 e. The molecule has 0 saturated carbocycles. The number of carbonyl (C=O) groups excluding carboxylic acids is 3. The quantitative estimate of drug-likeness (QED) is 0.601. The highest BCUT2D eigenvalue weighted by Crippen LogP contribution is 2.21. The highest BCUT2D eigenvalue weighted by molar-refractivity contribution is 5.98. The Labute approximate surface area is 158 Å². The molecule has 1 aliphatic rings. The van der Waals surface area contributed by atoms with E-state index in [1.807, 2.05) is 43.3 Å². The van der Waals surface area contributed by atoms with E-state index < -0.39 is 0 Å². The number of Topliss-reactive ketones (excluding diaryl/α,β-unsaturated/α-hetero) is 2. The number of hydrogen-bond donors (Lipinski definition) is 1. The molecule has 0 amide bonds. The number of nitrogens with one attached hydrogen (secondary N) is 1. The van der Waals surface area contributed by atoms with E-state index in [4.69, 9.17) is 4.74 Å². The molecule has 5 heteroatoms. The fraction of sp³-hybridized carbons (Fsp3) is 0.318.